The van der Waals surface area contributed by atoms with Crippen molar-refractivity contribution < 1.29 is 17.6 Å². The van der Waals surface area contributed by atoms with Gasteiger partial charge in [0.1, 0.15) is 5.82 Å². The van der Waals surface area contributed by atoms with Gasteiger partial charge in [0, 0.05) is 37.8 Å². The average molecular weight is 339 g/mol. The molecule has 0 amide bonds. The summed E-state index contributed by atoms with van der Waals surface area (Å²) in [5.41, 5.74) is -0.727. The molecule has 0 aromatic heterocycles. The molecule has 0 saturated carbocycles. The van der Waals surface area contributed by atoms with Crippen molar-refractivity contribution in [3.8, 4) is 0 Å². The van der Waals surface area contributed by atoms with Gasteiger partial charge in [0.05, 0.1) is 5.56 Å². The van der Waals surface area contributed by atoms with Crippen LogP contribution in [0, 0.1) is 5.82 Å². The summed E-state index contributed by atoms with van der Waals surface area (Å²) in [5.74, 6) is -0.603. The molecule has 0 radical (unpaired) electrons. The third-order valence-corrected chi connectivity index (χ3v) is 3.66. The van der Waals surface area contributed by atoms with Crippen LogP contribution in [0.4, 0.5) is 17.6 Å². The summed E-state index contributed by atoms with van der Waals surface area (Å²) < 4.78 is 52.5. The van der Waals surface area contributed by atoms with E-state index in [1.807, 2.05) is 4.90 Å². The van der Waals surface area contributed by atoms with Crippen LogP contribution in [-0.4, -0.2) is 31.1 Å². The van der Waals surface area contributed by atoms with E-state index in [2.05, 4.69) is 11.9 Å². The van der Waals surface area contributed by atoms with E-state index in [0.29, 0.717) is 19.5 Å². The summed E-state index contributed by atoms with van der Waals surface area (Å²) >= 11 is 0. The molecule has 22 heavy (non-hydrogen) atoms. The maximum absolute atomic E-state index is 14.0. The molecular formula is C15H19ClF4N2. The zero-order valence-electron chi connectivity index (χ0n) is 12.0. The highest BCUT2D eigenvalue weighted by Crippen LogP contribution is 2.34. The van der Waals surface area contributed by atoms with Crippen molar-refractivity contribution in [1.82, 2.24) is 10.2 Å². The molecule has 1 aromatic carbocycles. The summed E-state index contributed by atoms with van der Waals surface area (Å²) in [6.07, 6.45) is -2.44. The van der Waals surface area contributed by atoms with E-state index in [4.69, 9.17) is 0 Å². The van der Waals surface area contributed by atoms with Crippen LogP contribution in [0.15, 0.2) is 30.9 Å². The van der Waals surface area contributed by atoms with Gasteiger partial charge in [-0.15, -0.1) is 19.0 Å². The predicted octanol–water partition coefficient (Wildman–Crippen LogP) is 3.79. The van der Waals surface area contributed by atoms with Crippen LogP contribution in [-0.2, 0) is 6.18 Å². The van der Waals surface area contributed by atoms with Crippen LogP contribution in [0.25, 0.3) is 0 Å². The van der Waals surface area contributed by atoms with Gasteiger partial charge in [0.15, 0.2) is 0 Å². The summed E-state index contributed by atoms with van der Waals surface area (Å²) in [5, 5.41) is 3.17. The summed E-state index contributed by atoms with van der Waals surface area (Å²) in [7, 11) is 0. The largest absolute Gasteiger partial charge is 0.416 e. The van der Waals surface area contributed by atoms with Crippen LogP contribution in [0.3, 0.4) is 0 Å². The lowest BCUT2D eigenvalue weighted by Crippen LogP contribution is -2.45. The number of hydrogen-bond donors (Lipinski definition) is 1. The molecular weight excluding hydrogens is 320 g/mol. The third-order valence-electron chi connectivity index (χ3n) is 3.66. The highest BCUT2D eigenvalue weighted by atomic mass is 35.5. The highest BCUT2D eigenvalue weighted by molar-refractivity contribution is 5.85. The number of hydrogen-bond acceptors (Lipinski definition) is 2. The van der Waals surface area contributed by atoms with Crippen LogP contribution in [0.1, 0.15) is 23.6 Å². The zero-order valence-corrected chi connectivity index (χ0v) is 12.8. The van der Waals surface area contributed by atoms with Crippen molar-refractivity contribution in [2.75, 3.05) is 26.2 Å². The quantitative estimate of drug-likeness (QED) is 0.664. The summed E-state index contributed by atoms with van der Waals surface area (Å²) in [6.45, 7) is 6.47. The standard InChI is InChI=1S/C15H18F4N2.ClH/c1-2-3-14(21-8-6-20-7-9-21)12-10-11(15(17,18)19)4-5-13(12)16;/h2,4-5,10,14,20H,1,3,6-9H2;1H/t14-;/m0./s1. The second-order valence-corrected chi connectivity index (χ2v) is 5.06. The maximum atomic E-state index is 14.0. The van der Waals surface area contributed by atoms with Gasteiger partial charge in [-0.05, 0) is 24.6 Å². The number of alkyl halides is 3. The summed E-state index contributed by atoms with van der Waals surface area (Å²) in [6, 6.07) is 2.19. The second kappa shape index (κ2) is 7.94. The molecule has 1 heterocycles. The monoisotopic (exact) mass is 338 g/mol. The van der Waals surface area contributed by atoms with Crippen LogP contribution < -0.4 is 5.32 Å². The fraction of sp³-hybridized carbons (Fsp3) is 0.467. The normalized spacial score (nSPS) is 17.6. The van der Waals surface area contributed by atoms with Crippen molar-refractivity contribution in [1.29, 1.82) is 0 Å². The molecule has 1 aliphatic rings. The first-order valence-corrected chi connectivity index (χ1v) is 6.86. The van der Waals surface area contributed by atoms with Crippen LogP contribution in [0.2, 0.25) is 0 Å². The molecule has 2 rings (SSSR count). The minimum Gasteiger partial charge on any atom is -0.314 e. The Labute approximate surface area is 133 Å². The van der Waals surface area contributed by atoms with E-state index >= 15 is 0 Å². The Morgan fingerprint density at radius 2 is 1.91 bits per heavy atom. The third kappa shape index (κ3) is 4.44. The van der Waals surface area contributed by atoms with E-state index in [0.717, 1.165) is 31.3 Å². The van der Waals surface area contributed by atoms with Gasteiger partial charge in [-0.25, -0.2) is 4.39 Å². The van der Waals surface area contributed by atoms with E-state index in [1.54, 1.807) is 6.08 Å². The van der Waals surface area contributed by atoms with Crippen molar-refractivity contribution in [2.24, 2.45) is 0 Å². The van der Waals surface area contributed by atoms with Gasteiger partial charge in [-0.1, -0.05) is 6.08 Å². The highest BCUT2D eigenvalue weighted by Gasteiger charge is 2.33. The topological polar surface area (TPSA) is 15.3 Å². The zero-order chi connectivity index (χ0) is 15.5. The molecule has 1 fully saturated rings. The van der Waals surface area contributed by atoms with Crippen LogP contribution in [0.5, 0.6) is 0 Å². The first kappa shape index (κ1) is 18.9. The minimum absolute atomic E-state index is 0. The minimum atomic E-state index is -4.47. The van der Waals surface area contributed by atoms with Gasteiger partial charge >= 0.3 is 6.18 Å². The lowest BCUT2D eigenvalue weighted by Gasteiger charge is -2.35. The molecule has 2 nitrogen and oxygen atoms in total. The van der Waals surface area contributed by atoms with Gasteiger partial charge in [-0.2, -0.15) is 13.2 Å². The van der Waals surface area contributed by atoms with Gasteiger partial charge in [0.2, 0.25) is 0 Å². The fourth-order valence-electron chi connectivity index (χ4n) is 2.60. The molecule has 0 spiro atoms. The van der Waals surface area contributed by atoms with E-state index in [9.17, 15) is 17.6 Å². The SMILES string of the molecule is C=CC[C@@H](c1cc(C(F)(F)F)ccc1F)N1CCNCC1.Cl. The number of rotatable bonds is 4. The Morgan fingerprint density at radius 3 is 2.45 bits per heavy atom. The van der Waals surface area contributed by atoms with Gasteiger partial charge < -0.3 is 5.32 Å². The fourth-order valence-corrected chi connectivity index (χ4v) is 2.60. The van der Waals surface area contributed by atoms with Crippen molar-refractivity contribution in [2.45, 2.75) is 18.6 Å². The molecule has 0 unspecified atom stereocenters. The first-order valence-electron chi connectivity index (χ1n) is 6.86. The molecule has 0 bridgehead atoms. The smallest absolute Gasteiger partial charge is 0.314 e. The number of nitrogens with zero attached hydrogens (tertiary/aromatic N) is 1. The van der Waals surface area contributed by atoms with E-state index in [-0.39, 0.29) is 18.0 Å². The molecule has 7 heteroatoms. The number of benzene rings is 1. The Morgan fingerprint density at radius 1 is 1.27 bits per heavy atom. The molecule has 1 atom stereocenters. The van der Waals surface area contributed by atoms with E-state index < -0.39 is 23.6 Å². The average Bonchev–Trinajstić information content (AvgIpc) is 2.45. The van der Waals surface area contributed by atoms with E-state index in [1.165, 1.54) is 0 Å². The molecule has 124 valence electrons. The predicted molar refractivity (Wildman–Crippen MR) is 80.6 cm³/mol. The first-order chi connectivity index (χ1) is 9.93. The lowest BCUT2D eigenvalue weighted by molar-refractivity contribution is -0.137. The number of halogens is 5. The Kier molecular flexibility index (Phi) is 6.84. The Balaban J connectivity index is 0.00000242. The molecule has 1 N–H and O–H groups in total. The molecule has 1 aromatic rings. The van der Waals surface area contributed by atoms with Crippen LogP contribution >= 0.6 is 12.4 Å². The van der Waals surface area contributed by atoms with Gasteiger partial charge in [0.25, 0.3) is 0 Å². The Bertz CT molecular complexity index is 499. The molecule has 0 aliphatic carbocycles. The molecule has 1 aliphatic heterocycles. The lowest BCUT2D eigenvalue weighted by atomic mass is 9.98. The van der Waals surface area contributed by atoms with Gasteiger partial charge in [-0.3, -0.25) is 4.90 Å². The van der Waals surface area contributed by atoms with Crippen molar-refractivity contribution in [3.05, 3.63) is 47.8 Å². The second-order valence-electron chi connectivity index (χ2n) is 5.06. The van der Waals surface area contributed by atoms with Crippen molar-refractivity contribution >= 4 is 12.4 Å². The van der Waals surface area contributed by atoms with Crippen molar-refractivity contribution in [3.63, 3.8) is 0 Å². The summed E-state index contributed by atoms with van der Waals surface area (Å²) in [4.78, 5) is 2.00. The number of piperazine rings is 1. The Hall–Kier alpha value is -1.11. The number of nitrogens with one attached hydrogen (secondary N) is 1. The molecule has 1 saturated heterocycles. The maximum Gasteiger partial charge on any atom is 0.416 e.